The van der Waals surface area contributed by atoms with Gasteiger partial charge in [-0.15, -0.1) is 0 Å². The summed E-state index contributed by atoms with van der Waals surface area (Å²) in [5.41, 5.74) is 2.40. The summed E-state index contributed by atoms with van der Waals surface area (Å²) in [7, 11) is 1.57. The number of aliphatic imine (C=N–C) groups is 2. The second-order valence-electron chi connectivity index (χ2n) is 7.82. The van der Waals surface area contributed by atoms with Crippen molar-refractivity contribution in [1.82, 2.24) is 0 Å². The van der Waals surface area contributed by atoms with Crippen LogP contribution in [0.15, 0.2) is 46.4 Å². The molecule has 1 aliphatic carbocycles. The van der Waals surface area contributed by atoms with Gasteiger partial charge in [0.25, 0.3) is 0 Å². The Kier molecular flexibility index (Phi) is 7.93. The van der Waals surface area contributed by atoms with Gasteiger partial charge in [-0.1, -0.05) is 12.8 Å². The van der Waals surface area contributed by atoms with Crippen molar-refractivity contribution in [3.05, 3.63) is 47.5 Å². The van der Waals surface area contributed by atoms with E-state index in [0.717, 1.165) is 50.0 Å². The molecule has 0 unspecified atom stereocenters. The summed E-state index contributed by atoms with van der Waals surface area (Å²) in [6.07, 6.45) is 7.66. The Balaban J connectivity index is 1.73. The quantitative estimate of drug-likeness (QED) is 0.598. The van der Waals surface area contributed by atoms with Crippen molar-refractivity contribution in [3.8, 4) is 17.2 Å². The predicted molar refractivity (Wildman–Crippen MR) is 128 cm³/mol. The van der Waals surface area contributed by atoms with Gasteiger partial charge in [0.2, 0.25) is 0 Å². The first-order chi connectivity index (χ1) is 15.0. The smallest absolute Gasteiger partial charge is 0.128 e. The molecule has 166 valence electrons. The number of rotatable bonds is 8. The van der Waals surface area contributed by atoms with Crippen LogP contribution in [0, 0.1) is 0 Å². The second kappa shape index (κ2) is 10.8. The van der Waals surface area contributed by atoms with Gasteiger partial charge in [0, 0.05) is 54.5 Å². The highest BCUT2D eigenvalue weighted by Crippen LogP contribution is 2.27. The van der Waals surface area contributed by atoms with Gasteiger partial charge in [0.1, 0.15) is 17.2 Å². The van der Waals surface area contributed by atoms with Crippen LogP contribution in [0.3, 0.4) is 0 Å². The molecule has 1 fully saturated rings. The van der Waals surface area contributed by atoms with E-state index >= 15 is 0 Å². The van der Waals surface area contributed by atoms with Crippen LogP contribution in [0.1, 0.15) is 50.7 Å². The summed E-state index contributed by atoms with van der Waals surface area (Å²) in [6, 6.07) is 11.1. The van der Waals surface area contributed by atoms with Crippen LogP contribution in [0.4, 0.5) is 5.69 Å². The molecule has 2 N–H and O–H groups in total. The third kappa shape index (κ3) is 5.78. The van der Waals surface area contributed by atoms with Crippen molar-refractivity contribution in [2.24, 2.45) is 9.98 Å². The first-order valence-electron chi connectivity index (χ1n) is 11.1. The zero-order valence-corrected chi connectivity index (χ0v) is 18.7. The summed E-state index contributed by atoms with van der Waals surface area (Å²) in [5.74, 6) is 1.01. The van der Waals surface area contributed by atoms with Crippen molar-refractivity contribution in [1.29, 1.82) is 0 Å². The largest absolute Gasteiger partial charge is 0.507 e. The van der Waals surface area contributed by atoms with Gasteiger partial charge in [-0.3, -0.25) is 9.98 Å². The zero-order valence-electron chi connectivity index (χ0n) is 18.7. The first kappa shape index (κ1) is 22.7. The lowest BCUT2D eigenvalue weighted by Gasteiger charge is -2.25. The lowest BCUT2D eigenvalue weighted by atomic mass is 9.91. The van der Waals surface area contributed by atoms with Crippen LogP contribution in [0.2, 0.25) is 0 Å². The maximum Gasteiger partial charge on any atom is 0.128 e. The average molecular weight is 424 g/mol. The number of benzene rings is 2. The van der Waals surface area contributed by atoms with Gasteiger partial charge < -0.3 is 19.8 Å². The van der Waals surface area contributed by atoms with Gasteiger partial charge >= 0.3 is 0 Å². The maximum absolute atomic E-state index is 10.5. The Morgan fingerprint density at radius 1 is 0.903 bits per heavy atom. The fourth-order valence-electron chi connectivity index (χ4n) is 3.98. The Morgan fingerprint density at radius 3 is 1.94 bits per heavy atom. The molecule has 0 spiro atoms. The molecule has 0 aliphatic heterocycles. The Hall–Kier alpha value is -3.02. The minimum Gasteiger partial charge on any atom is -0.507 e. The van der Waals surface area contributed by atoms with E-state index in [2.05, 4.69) is 18.7 Å². The number of ether oxygens (including phenoxy) is 1. The van der Waals surface area contributed by atoms with Gasteiger partial charge in [-0.25, -0.2) is 0 Å². The molecule has 0 saturated heterocycles. The molecule has 1 saturated carbocycles. The minimum absolute atomic E-state index is 0.0589. The number of methoxy groups -OCH3 is 1. The average Bonchev–Trinajstić information content (AvgIpc) is 2.79. The summed E-state index contributed by atoms with van der Waals surface area (Å²) in [6.45, 7) is 6.00. The molecule has 0 heterocycles. The van der Waals surface area contributed by atoms with Gasteiger partial charge in [0.15, 0.2) is 0 Å². The fourth-order valence-corrected chi connectivity index (χ4v) is 3.98. The zero-order chi connectivity index (χ0) is 22.2. The molecule has 2 aromatic carbocycles. The number of anilines is 1. The molecular weight excluding hydrogens is 390 g/mol. The highest BCUT2D eigenvalue weighted by molar-refractivity contribution is 5.85. The number of phenolic OH excluding ortho intramolecular Hbond substituents is 2. The molecule has 0 amide bonds. The molecular formula is C25H33N3O3. The third-order valence-corrected chi connectivity index (χ3v) is 5.88. The van der Waals surface area contributed by atoms with Crippen LogP contribution in [0.25, 0.3) is 0 Å². The SMILES string of the molecule is CCN(CC)c1ccc(C=N[C@H]2CCCC[C@@H]2N=Cc2ccc(OC)cc2O)c(O)c1. The Labute approximate surface area is 184 Å². The molecule has 31 heavy (non-hydrogen) atoms. The van der Waals surface area contributed by atoms with Crippen LogP contribution < -0.4 is 9.64 Å². The molecule has 3 rings (SSSR count). The number of phenols is 2. The van der Waals surface area contributed by atoms with Crippen molar-refractivity contribution in [2.45, 2.75) is 51.6 Å². The monoisotopic (exact) mass is 423 g/mol. The van der Waals surface area contributed by atoms with Gasteiger partial charge in [-0.2, -0.15) is 0 Å². The minimum atomic E-state index is 0.0589. The lowest BCUT2D eigenvalue weighted by Crippen LogP contribution is -2.27. The normalized spacial score (nSPS) is 19.2. The molecule has 6 heteroatoms. The van der Waals surface area contributed by atoms with E-state index in [-0.39, 0.29) is 23.6 Å². The van der Waals surface area contributed by atoms with Crippen LogP contribution >= 0.6 is 0 Å². The summed E-state index contributed by atoms with van der Waals surface area (Å²) >= 11 is 0. The van der Waals surface area contributed by atoms with E-state index in [1.165, 1.54) is 0 Å². The van der Waals surface area contributed by atoms with E-state index in [9.17, 15) is 10.2 Å². The predicted octanol–water partition coefficient (Wildman–Crippen LogP) is 4.80. The molecule has 0 aromatic heterocycles. The third-order valence-electron chi connectivity index (χ3n) is 5.88. The number of nitrogens with zero attached hydrogens (tertiary/aromatic N) is 3. The molecule has 0 radical (unpaired) electrons. The van der Waals surface area contributed by atoms with E-state index in [1.54, 1.807) is 37.7 Å². The number of hydrogen-bond donors (Lipinski definition) is 2. The molecule has 6 nitrogen and oxygen atoms in total. The summed E-state index contributed by atoms with van der Waals surface area (Å²) < 4.78 is 5.13. The Bertz CT molecular complexity index is 922. The van der Waals surface area contributed by atoms with E-state index < -0.39 is 0 Å². The molecule has 2 atom stereocenters. The van der Waals surface area contributed by atoms with E-state index in [4.69, 9.17) is 14.7 Å². The van der Waals surface area contributed by atoms with Crippen molar-refractivity contribution >= 4 is 18.1 Å². The standard InChI is InChI=1S/C25H33N3O3/c1-4-28(5-2)20-12-10-18(24(29)14-20)16-26-22-8-6-7-9-23(22)27-17-19-11-13-21(31-3)15-25(19)30/h10-17,22-23,29-30H,4-9H2,1-3H3/t22-,23-/m0/s1. The molecule has 2 aromatic rings. The van der Waals surface area contributed by atoms with Crippen molar-refractivity contribution in [3.63, 3.8) is 0 Å². The highest BCUT2D eigenvalue weighted by Gasteiger charge is 2.23. The van der Waals surface area contributed by atoms with Crippen LogP contribution in [-0.4, -0.2) is 54.9 Å². The van der Waals surface area contributed by atoms with Gasteiger partial charge in [0.05, 0.1) is 19.2 Å². The lowest BCUT2D eigenvalue weighted by molar-refractivity contribution is 0.390. The highest BCUT2D eigenvalue weighted by atomic mass is 16.5. The first-order valence-corrected chi connectivity index (χ1v) is 11.1. The maximum atomic E-state index is 10.5. The summed E-state index contributed by atoms with van der Waals surface area (Å²) in [5, 5.41) is 20.6. The van der Waals surface area contributed by atoms with Gasteiger partial charge in [-0.05, 0) is 51.0 Å². The van der Waals surface area contributed by atoms with E-state index in [1.807, 2.05) is 18.2 Å². The molecule has 1 aliphatic rings. The second-order valence-corrected chi connectivity index (χ2v) is 7.82. The van der Waals surface area contributed by atoms with Crippen molar-refractivity contribution in [2.75, 3.05) is 25.1 Å². The van der Waals surface area contributed by atoms with Crippen LogP contribution in [0.5, 0.6) is 17.2 Å². The van der Waals surface area contributed by atoms with Crippen LogP contribution in [-0.2, 0) is 0 Å². The topological polar surface area (TPSA) is 77.7 Å². The fraction of sp³-hybridized carbons (Fsp3) is 0.440. The van der Waals surface area contributed by atoms with E-state index in [0.29, 0.717) is 11.3 Å². The Morgan fingerprint density at radius 2 is 1.45 bits per heavy atom. The molecule has 0 bridgehead atoms. The number of hydrogen-bond acceptors (Lipinski definition) is 6. The van der Waals surface area contributed by atoms with Crippen molar-refractivity contribution < 1.29 is 14.9 Å². The summed E-state index contributed by atoms with van der Waals surface area (Å²) in [4.78, 5) is 11.7. The number of aromatic hydroxyl groups is 2.